The highest BCUT2D eigenvalue weighted by Gasteiger charge is 2.25. The molecule has 0 radical (unpaired) electrons. The van der Waals surface area contributed by atoms with Crippen LogP contribution in [0.1, 0.15) is 34.5 Å². The van der Waals surface area contributed by atoms with E-state index in [2.05, 4.69) is 31.0 Å². The minimum absolute atomic E-state index is 0.0881. The van der Waals surface area contributed by atoms with Crippen LogP contribution in [0.25, 0.3) is 0 Å². The minimum Gasteiger partial charge on any atom is -0.493 e. The van der Waals surface area contributed by atoms with Gasteiger partial charge in [0, 0.05) is 58.1 Å². The summed E-state index contributed by atoms with van der Waals surface area (Å²) in [6.07, 6.45) is 6.42. The van der Waals surface area contributed by atoms with Gasteiger partial charge in [-0.05, 0) is 17.7 Å². The van der Waals surface area contributed by atoms with Crippen molar-refractivity contribution in [2.45, 2.75) is 44.8 Å². The van der Waals surface area contributed by atoms with Crippen LogP contribution >= 0.6 is 0 Å². The largest absolute Gasteiger partial charge is 0.493 e. The maximum atomic E-state index is 13.6. The van der Waals surface area contributed by atoms with Gasteiger partial charge in [0.2, 0.25) is 11.8 Å². The summed E-state index contributed by atoms with van der Waals surface area (Å²) >= 11 is 0. The lowest BCUT2D eigenvalue weighted by Crippen LogP contribution is -2.50. The molecule has 2 bridgehead atoms. The zero-order valence-corrected chi connectivity index (χ0v) is 25.2. The molecule has 0 fully saturated rings. The van der Waals surface area contributed by atoms with Crippen molar-refractivity contribution < 1.29 is 23.9 Å². The molecule has 0 spiro atoms. The van der Waals surface area contributed by atoms with Gasteiger partial charge in [0.15, 0.2) is 11.5 Å². The Kier molecular flexibility index (Phi) is 10.7. The Morgan fingerprint density at radius 3 is 2.76 bits per heavy atom. The van der Waals surface area contributed by atoms with Crippen molar-refractivity contribution in [1.82, 2.24) is 45.3 Å². The van der Waals surface area contributed by atoms with Gasteiger partial charge in [0.1, 0.15) is 18.7 Å². The molecular formula is C31H37N9O5. The number of carbonyl (C=O) groups excluding carboxylic acids is 3. The first-order valence-electron chi connectivity index (χ1n) is 14.9. The third kappa shape index (κ3) is 8.65. The van der Waals surface area contributed by atoms with Crippen LogP contribution in [0.15, 0.2) is 67.4 Å². The standard InChI is InChI=1S/C31H37N9O5/c1-44-27-10-5-9-25-29(27)45-18-6-14-39-20-24(36-37-39)11-15-38(28(41)12-16-40-22-32-21-34-40)17-13-33-31(43)26(35-30(25)42)19-23-7-3-2-4-8-23/h2-5,7-10,20-22,26H,6,11-19H2,1H3,(H,33,43)(H,35,42)/t26-/m0/s1. The Morgan fingerprint density at radius 2 is 1.96 bits per heavy atom. The number of hydrogen-bond donors (Lipinski definition) is 2. The van der Waals surface area contributed by atoms with E-state index in [1.807, 2.05) is 36.5 Å². The number of aromatic nitrogens is 6. The summed E-state index contributed by atoms with van der Waals surface area (Å²) in [7, 11) is 1.51. The monoisotopic (exact) mass is 615 g/mol. The van der Waals surface area contributed by atoms with E-state index in [1.165, 1.54) is 13.4 Å². The summed E-state index contributed by atoms with van der Waals surface area (Å²) in [6.45, 7) is 2.08. The first kappa shape index (κ1) is 31.2. The van der Waals surface area contributed by atoms with E-state index < -0.39 is 11.9 Å². The van der Waals surface area contributed by atoms with Crippen LogP contribution in [0.2, 0.25) is 0 Å². The molecule has 3 amide bonds. The van der Waals surface area contributed by atoms with Crippen molar-refractivity contribution >= 4 is 17.7 Å². The van der Waals surface area contributed by atoms with E-state index in [1.54, 1.807) is 38.8 Å². The Bertz CT molecular complexity index is 1560. The molecule has 45 heavy (non-hydrogen) atoms. The number of nitrogens with one attached hydrogen (secondary N) is 2. The van der Waals surface area contributed by atoms with Crippen LogP contribution < -0.4 is 20.1 Å². The number of ether oxygens (including phenoxy) is 2. The zero-order chi connectivity index (χ0) is 31.4. The van der Waals surface area contributed by atoms with Gasteiger partial charge in [0.25, 0.3) is 5.91 Å². The lowest BCUT2D eigenvalue weighted by molar-refractivity contribution is -0.132. The van der Waals surface area contributed by atoms with Gasteiger partial charge in [-0.15, -0.1) is 5.10 Å². The lowest BCUT2D eigenvalue weighted by atomic mass is 10.0. The fourth-order valence-electron chi connectivity index (χ4n) is 5.03. The average Bonchev–Trinajstić information content (AvgIpc) is 3.75. The summed E-state index contributed by atoms with van der Waals surface area (Å²) in [5, 5.41) is 18.4. The molecule has 1 atom stereocenters. The smallest absolute Gasteiger partial charge is 0.255 e. The van der Waals surface area contributed by atoms with Crippen molar-refractivity contribution in [2.24, 2.45) is 0 Å². The van der Waals surface area contributed by atoms with Crippen LogP contribution in [-0.4, -0.2) is 91.8 Å². The van der Waals surface area contributed by atoms with E-state index in [0.29, 0.717) is 44.0 Å². The highest BCUT2D eigenvalue weighted by molar-refractivity contribution is 6.00. The molecular weight excluding hydrogens is 578 g/mol. The first-order chi connectivity index (χ1) is 22.0. The Hall–Kier alpha value is -5.27. The number of benzene rings is 2. The van der Waals surface area contributed by atoms with Crippen molar-refractivity contribution in [3.8, 4) is 11.5 Å². The van der Waals surface area contributed by atoms with Crippen molar-refractivity contribution in [1.29, 1.82) is 0 Å². The second-order valence-electron chi connectivity index (χ2n) is 10.6. The van der Waals surface area contributed by atoms with E-state index in [9.17, 15) is 14.4 Å². The molecule has 14 heteroatoms. The molecule has 0 aliphatic carbocycles. The maximum Gasteiger partial charge on any atom is 0.255 e. The summed E-state index contributed by atoms with van der Waals surface area (Å²) in [5.74, 6) is -0.213. The number of methoxy groups -OCH3 is 1. The fourth-order valence-corrected chi connectivity index (χ4v) is 5.03. The number of carbonyl (C=O) groups is 3. The number of fused-ring (bicyclic) bond motifs is 3. The van der Waals surface area contributed by atoms with Gasteiger partial charge in [-0.2, -0.15) is 5.10 Å². The molecule has 5 rings (SSSR count). The molecule has 3 heterocycles. The molecule has 236 valence electrons. The lowest BCUT2D eigenvalue weighted by Gasteiger charge is -2.24. The summed E-state index contributed by atoms with van der Waals surface area (Å²) < 4.78 is 14.9. The molecule has 1 aliphatic heterocycles. The van der Waals surface area contributed by atoms with Crippen LogP contribution in [0.5, 0.6) is 11.5 Å². The Labute approximate surface area is 260 Å². The number of nitrogens with zero attached hydrogens (tertiary/aromatic N) is 7. The number of hydrogen-bond acceptors (Lipinski definition) is 9. The minimum atomic E-state index is -0.883. The Morgan fingerprint density at radius 1 is 1.09 bits per heavy atom. The number of amides is 3. The SMILES string of the molecule is COc1cccc2c1OCCCn1cc(nn1)CCN(C(=O)CCn1cncn1)CCNC(=O)[C@H](Cc1ccccc1)NC2=O. The van der Waals surface area contributed by atoms with Crippen molar-refractivity contribution in [3.05, 3.63) is 84.2 Å². The topological polar surface area (TPSA) is 158 Å². The average molecular weight is 616 g/mol. The summed E-state index contributed by atoms with van der Waals surface area (Å²) in [6, 6.07) is 13.6. The van der Waals surface area contributed by atoms with Gasteiger partial charge < -0.3 is 25.0 Å². The van der Waals surface area contributed by atoms with E-state index in [4.69, 9.17) is 9.47 Å². The third-order valence-corrected chi connectivity index (χ3v) is 7.40. The molecule has 2 N–H and O–H groups in total. The van der Waals surface area contributed by atoms with E-state index >= 15 is 0 Å². The fraction of sp³-hybridized carbons (Fsp3) is 0.387. The first-order valence-corrected chi connectivity index (χ1v) is 14.9. The highest BCUT2D eigenvalue weighted by Crippen LogP contribution is 2.31. The van der Waals surface area contributed by atoms with Crippen LogP contribution in [-0.2, 0) is 35.5 Å². The quantitative estimate of drug-likeness (QED) is 0.326. The highest BCUT2D eigenvalue weighted by atomic mass is 16.5. The third-order valence-electron chi connectivity index (χ3n) is 7.40. The Balaban J connectivity index is 1.37. The predicted octanol–water partition coefficient (Wildman–Crippen LogP) is 1.28. The van der Waals surface area contributed by atoms with Gasteiger partial charge >= 0.3 is 0 Å². The number of para-hydroxylation sites is 1. The summed E-state index contributed by atoms with van der Waals surface area (Å²) in [5.41, 5.74) is 1.89. The maximum absolute atomic E-state index is 13.6. The van der Waals surface area contributed by atoms with Crippen molar-refractivity contribution in [2.75, 3.05) is 33.4 Å². The zero-order valence-electron chi connectivity index (χ0n) is 25.2. The predicted molar refractivity (Wildman–Crippen MR) is 162 cm³/mol. The summed E-state index contributed by atoms with van der Waals surface area (Å²) in [4.78, 5) is 46.1. The van der Waals surface area contributed by atoms with Crippen LogP contribution in [0, 0.1) is 0 Å². The van der Waals surface area contributed by atoms with Gasteiger partial charge in [-0.3, -0.25) is 23.7 Å². The molecule has 2 aromatic carbocycles. The second-order valence-corrected chi connectivity index (χ2v) is 10.6. The normalized spacial score (nSPS) is 16.6. The van der Waals surface area contributed by atoms with E-state index in [0.717, 1.165) is 11.3 Å². The molecule has 0 saturated carbocycles. The molecule has 0 unspecified atom stereocenters. The van der Waals surface area contributed by atoms with Gasteiger partial charge in [0.05, 0.1) is 31.5 Å². The van der Waals surface area contributed by atoms with Crippen LogP contribution in [0.3, 0.4) is 0 Å². The van der Waals surface area contributed by atoms with Gasteiger partial charge in [-0.25, -0.2) is 4.98 Å². The van der Waals surface area contributed by atoms with Gasteiger partial charge in [-0.1, -0.05) is 41.6 Å². The number of rotatable bonds is 6. The van der Waals surface area contributed by atoms with Crippen molar-refractivity contribution in [3.63, 3.8) is 0 Å². The van der Waals surface area contributed by atoms with E-state index in [-0.39, 0.29) is 49.9 Å². The molecule has 0 saturated heterocycles. The second kappa shape index (κ2) is 15.5. The molecule has 4 aromatic rings. The molecule has 1 aliphatic rings. The van der Waals surface area contributed by atoms with Crippen LogP contribution in [0.4, 0.5) is 0 Å². The molecule has 14 nitrogen and oxygen atoms in total. The molecule has 2 aromatic heterocycles. The number of aryl methyl sites for hydroxylation is 2.